The Morgan fingerprint density at radius 2 is 1.83 bits per heavy atom. The largest absolute Gasteiger partial charge is 0.495 e. The van der Waals surface area contributed by atoms with Crippen LogP contribution in [0.15, 0.2) is 54.7 Å². The van der Waals surface area contributed by atoms with Gasteiger partial charge in [-0.25, -0.2) is 14.6 Å². The molecule has 0 unspecified atom stereocenters. The molecule has 3 rings (SSSR count). The van der Waals surface area contributed by atoms with E-state index in [0.717, 1.165) is 5.39 Å². The number of nitrogen functional groups attached to an aromatic ring is 1. The van der Waals surface area contributed by atoms with E-state index in [-0.39, 0.29) is 23.5 Å². The van der Waals surface area contributed by atoms with Crippen LogP contribution in [0.4, 0.5) is 16.3 Å². The molecule has 0 saturated carbocycles. The summed E-state index contributed by atoms with van der Waals surface area (Å²) in [6.45, 7) is 8.92. The molecule has 1 heterocycles. The zero-order valence-electron chi connectivity index (χ0n) is 20.9. The van der Waals surface area contributed by atoms with Crippen molar-refractivity contribution in [2.75, 3.05) is 31.4 Å². The Kier molecular flexibility index (Phi) is 7.49. The highest BCUT2D eigenvalue weighted by atomic mass is 16.6. The number of carbonyl (C=O) groups excluding carboxylic acids is 2. The number of pyridine rings is 1. The van der Waals surface area contributed by atoms with Gasteiger partial charge in [0, 0.05) is 22.7 Å². The SMILES string of the molecule is C=C(C#N)CN(C(=O)OC(C)(C)C)c1c(OC)ccc2ccc(-c3cnc(N)c(C(=O)OC)c3)cc12. The highest BCUT2D eigenvalue weighted by molar-refractivity contribution is 6.06. The number of ether oxygens (including phenoxy) is 3. The van der Waals surface area contributed by atoms with Crippen molar-refractivity contribution in [3.05, 3.63) is 60.3 Å². The Morgan fingerprint density at radius 1 is 1.14 bits per heavy atom. The number of nitrogens with two attached hydrogens (primary N) is 1. The average molecular weight is 489 g/mol. The molecule has 0 aliphatic heterocycles. The first-order valence-electron chi connectivity index (χ1n) is 11.0. The summed E-state index contributed by atoms with van der Waals surface area (Å²) in [6.07, 6.45) is 0.892. The maximum absolute atomic E-state index is 13.3. The quantitative estimate of drug-likeness (QED) is 0.375. The van der Waals surface area contributed by atoms with Crippen LogP contribution < -0.4 is 15.4 Å². The fourth-order valence-corrected chi connectivity index (χ4v) is 3.59. The molecule has 9 nitrogen and oxygen atoms in total. The maximum Gasteiger partial charge on any atom is 0.415 e. The van der Waals surface area contributed by atoms with E-state index in [4.69, 9.17) is 19.9 Å². The van der Waals surface area contributed by atoms with Crippen molar-refractivity contribution in [1.82, 2.24) is 4.98 Å². The number of benzene rings is 2. The Balaban J connectivity index is 2.26. The number of anilines is 2. The van der Waals surface area contributed by atoms with Gasteiger partial charge in [-0.15, -0.1) is 0 Å². The van der Waals surface area contributed by atoms with Crippen molar-refractivity contribution >= 4 is 34.3 Å². The normalized spacial score (nSPS) is 10.9. The van der Waals surface area contributed by atoms with Crippen LogP contribution in [0.5, 0.6) is 5.75 Å². The second-order valence-corrected chi connectivity index (χ2v) is 8.98. The fraction of sp³-hybridized carbons (Fsp3) is 0.259. The number of methoxy groups -OCH3 is 2. The van der Waals surface area contributed by atoms with Gasteiger partial charge < -0.3 is 19.9 Å². The molecule has 9 heteroatoms. The molecule has 3 aromatic rings. The van der Waals surface area contributed by atoms with Crippen LogP contribution in [0, 0.1) is 11.3 Å². The number of esters is 1. The number of rotatable bonds is 6. The highest BCUT2D eigenvalue weighted by Crippen LogP contribution is 2.39. The van der Waals surface area contributed by atoms with Gasteiger partial charge in [0.1, 0.15) is 22.7 Å². The summed E-state index contributed by atoms with van der Waals surface area (Å²) in [5.41, 5.74) is 7.13. The number of hydrogen-bond donors (Lipinski definition) is 1. The van der Waals surface area contributed by atoms with Gasteiger partial charge in [-0.05, 0) is 49.9 Å². The number of aromatic nitrogens is 1. The van der Waals surface area contributed by atoms with E-state index < -0.39 is 17.7 Å². The maximum atomic E-state index is 13.3. The molecule has 0 fully saturated rings. The molecule has 2 aromatic carbocycles. The molecule has 0 spiro atoms. The third kappa shape index (κ3) is 5.55. The Morgan fingerprint density at radius 3 is 2.44 bits per heavy atom. The van der Waals surface area contributed by atoms with Crippen molar-refractivity contribution < 1.29 is 23.8 Å². The number of fused-ring (bicyclic) bond motifs is 1. The molecule has 0 bridgehead atoms. The minimum absolute atomic E-state index is 0.0554. The predicted molar refractivity (Wildman–Crippen MR) is 138 cm³/mol. The van der Waals surface area contributed by atoms with Crippen LogP contribution in [0.25, 0.3) is 21.9 Å². The predicted octanol–water partition coefficient (Wildman–Crippen LogP) is 5.10. The molecule has 2 N–H and O–H groups in total. The summed E-state index contributed by atoms with van der Waals surface area (Å²) in [4.78, 5) is 30.9. The number of amides is 1. The fourth-order valence-electron chi connectivity index (χ4n) is 3.59. The van der Waals surface area contributed by atoms with Gasteiger partial charge in [-0.3, -0.25) is 4.90 Å². The zero-order chi connectivity index (χ0) is 26.6. The van der Waals surface area contributed by atoms with Gasteiger partial charge in [0.2, 0.25) is 0 Å². The number of carbonyl (C=O) groups is 2. The van der Waals surface area contributed by atoms with E-state index in [9.17, 15) is 14.9 Å². The summed E-state index contributed by atoms with van der Waals surface area (Å²) in [5.74, 6) is -0.141. The van der Waals surface area contributed by atoms with Crippen LogP contribution in [0.3, 0.4) is 0 Å². The number of nitriles is 1. The van der Waals surface area contributed by atoms with E-state index in [0.29, 0.717) is 28.0 Å². The third-order valence-corrected chi connectivity index (χ3v) is 5.22. The van der Waals surface area contributed by atoms with Crippen LogP contribution in [0.2, 0.25) is 0 Å². The topological polar surface area (TPSA) is 128 Å². The van der Waals surface area contributed by atoms with Crippen LogP contribution in [-0.4, -0.2) is 43.4 Å². The van der Waals surface area contributed by atoms with Gasteiger partial charge in [-0.1, -0.05) is 24.8 Å². The molecule has 186 valence electrons. The van der Waals surface area contributed by atoms with Crippen LogP contribution in [0.1, 0.15) is 31.1 Å². The lowest BCUT2D eigenvalue weighted by Crippen LogP contribution is -2.38. The summed E-state index contributed by atoms with van der Waals surface area (Å²) in [5, 5.41) is 10.8. The molecular formula is C27H28N4O5. The Labute approximate surface area is 209 Å². The molecule has 0 aliphatic rings. The first-order valence-corrected chi connectivity index (χ1v) is 11.0. The van der Waals surface area contributed by atoms with Crippen LogP contribution in [-0.2, 0) is 9.47 Å². The molecule has 1 aromatic heterocycles. The molecule has 0 aliphatic carbocycles. The van der Waals surface area contributed by atoms with Gasteiger partial charge in [-0.2, -0.15) is 5.26 Å². The first kappa shape index (κ1) is 26.0. The monoisotopic (exact) mass is 488 g/mol. The van der Waals surface area contributed by atoms with E-state index in [1.54, 1.807) is 39.1 Å². The summed E-state index contributed by atoms with van der Waals surface area (Å²) in [6, 6.07) is 12.7. The lowest BCUT2D eigenvalue weighted by atomic mass is 9.99. The molecule has 36 heavy (non-hydrogen) atoms. The summed E-state index contributed by atoms with van der Waals surface area (Å²) >= 11 is 0. The number of hydrogen-bond acceptors (Lipinski definition) is 8. The van der Waals surface area contributed by atoms with Crippen molar-refractivity contribution in [2.24, 2.45) is 0 Å². The summed E-state index contributed by atoms with van der Waals surface area (Å²) in [7, 11) is 2.76. The van der Waals surface area contributed by atoms with Crippen molar-refractivity contribution in [1.29, 1.82) is 5.26 Å². The molecule has 0 saturated heterocycles. The van der Waals surface area contributed by atoms with Crippen molar-refractivity contribution in [3.8, 4) is 22.9 Å². The Bertz CT molecular complexity index is 1390. The smallest absolute Gasteiger partial charge is 0.415 e. The average Bonchev–Trinajstić information content (AvgIpc) is 2.84. The summed E-state index contributed by atoms with van der Waals surface area (Å²) < 4.78 is 16.0. The van der Waals surface area contributed by atoms with E-state index in [1.165, 1.54) is 19.1 Å². The van der Waals surface area contributed by atoms with E-state index in [1.807, 2.05) is 30.3 Å². The third-order valence-electron chi connectivity index (χ3n) is 5.22. The minimum Gasteiger partial charge on any atom is -0.495 e. The molecule has 1 amide bonds. The van der Waals surface area contributed by atoms with Crippen molar-refractivity contribution in [3.63, 3.8) is 0 Å². The Hall–Kier alpha value is -4.58. The minimum atomic E-state index is -0.772. The van der Waals surface area contributed by atoms with Gasteiger partial charge in [0.25, 0.3) is 0 Å². The van der Waals surface area contributed by atoms with E-state index in [2.05, 4.69) is 11.6 Å². The van der Waals surface area contributed by atoms with Crippen LogP contribution >= 0.6 is 0 Å². The lowest BCUT2D eigenvalue weighted by Gasteiger charge is -2.29. The standard InChI is InChI=1S/C27H28N4O5/c1-16(13-28)15-31(26(33)36-27(2,3)4)23-20-11-18(8-7-17(20)9-10-22(23)34-5)19-12-21(25(32)35-6)24(29)30-14-19/h7-12,14H,1,15H2,2-6H3,(H2,29,30). The second kappa shape index (κ2) is 10.4. The van der Waals surface area contributed by atoms with E-state index >= 15 is 0 Å². The first-order chi connectivity index (χ1) is 17.0. The van der Waals surface area contributed by atoms with Gasteiger partial charge in [0.15, 0.2) is 0 Å². The zero-order valence-corrected chi connectivity index (χ0v) is 20.9. The molecule has 0 radical (unpaired) electrons. The second-order valence-electron chi connectivity index (χ2n) is 8.98. The number of nitrogens with zero attached hydrogens (tertiary/aromatic N) is 3. The van der Waals surface area contributed by atoms with Gasteiger partial charge >= 0.3 is 12.1 Å². The molecule has 0 atom stereocenters. The lowest BCUT2D eigenvalue weighted by molar-refractivity contribution is 0.0579. The highest BCUT2D eigenvalue weighted by Gasteiger charge is 2.28. The molecular weight excluding hydrogens is 460 g/mol. The van der Waals surface area contributed by atoms with Gasteiger partial charge in [0.05, 0.1) is 32.5 Å². The van der Waals surface area contributed by atoms with Crippen molar-refractivity contribution in [2.45, 2.75) is 26.4 Å².